The minimum atomic E-state index is -3.58. The van der Waals surface area contributed by atoms with Gasteiger partial charge in [0.25, 0.3) is 5.91 Å². The molecule has 2 aromatic carbocycles. The lowest BCUT2D eigenvalue weighted by Crippen LogP contribution is -2.42. The first-order chi connectivity index (χ1) is 12.9. The highest BCUT2D eigenvalue weighted by Crippen LogP contribution is 2.30. The number of fused-ring (bicyclic) bond motifs is 1. The fourth-order valence-electron chi connectivity index (χ4n) is 3.05. The Morgan fingerprint density at radius 3 is 2.33 bits per heavy atom. The first-order valence-electron chi connectivity index (χ1n) is 8.69. The maximum atomic E-state index is 12.9. The van der Waals surface area contributed by atoms with Crippen molar-refractivity contribution >= 4 is 33.2 Å². The summed E-state index contributed by atoms with van der Waals surface area (Å²) in [5.41, 5.74) is 1.50. The van der Waals surface area contributed by atoms with E-state index in [1.807, 2.05) is 0 Å². The number of nitrogens with zero attached hydrogens (tertiary/aromatic N) is 2. The van der Waals surface area contributed by atoms with Crippen molar-refractivity contribution in [1.29, 1.82) is 0 Å². The summed E-state index contributed by atoms with van der Waals surface area (Å²) in [4.78, 5) is 26.3. The lowest BCUT2D eigenvalue weighted by Gasteiger charge is -2.29. The molecule has 0 unspecified atom stereocenters. The van der Waals surface area contributed by atoms with Crippen molar-refractivity contribution < 1.29 is 18.0 Å². The third kappa shape index (κ3) is 3.58. The number of hydrogen-bond donors (Lipinski definition) is 1. The van der Waals surface area contributed by atoms with Crippen LogP contribution >= 0.6 is 0 Å². The van der Waals surface area contributed by atoms with Gasteiger partial charge in [0.2, 0.25) is 15.9 Å². The molecule has 3 rings (SSSR count). The Balaban J connectivity index is 1.90. The van der Waals surface area contributed by atoms with Gasteiger partial charge in [-0.15, -0.1) is 0 Å². The fourth-order valence-corrected chi connectivity index (χ4v) is 4.51. The standard InChI is InChI=1S/C19H21N3O4S/c1-3-21(4-2)27(25,26)15-11-9-14(10-12-15)19(24)22-13-18(23)20-16-7-5-6-8-17(16)22/h5-12H,3-4,13H2,1-2H3,(H,20,23). The first-order valence-corrected chi connectivity index (χ1v) is 10.1. The van der Waals surface area contributed by atoms with Crippen LogP contribution in [-0.2, 0) is 14.8 Å². The van der Waals surface area contributed by atoms with Gasteiger partial charge in [0.15, 0.2) is 0 Å². The molecule has 142 valence electrons. The number of hydrogen-bond acceptors (Lipinski definition) is 4. The summed E-state index contributed by atoms with van der Waals surface area (Å²) in [5.74, 6) is -0.633. The van der Waals surface area contributed by atoms with E-state index in [0.29, 0.717) is 30.0 Å². The highest BCUT2D eigenvalue weighted by molar-refractivity contribution is 7.89. The molecule has 1 aliphatic rings. The second kappa shape index (κ2) is 7.50. The van der Waals surface area contributed by atoms with Gasteiger partial charge in [0, 0.05) is 18.7 Å². The quantitative estimate of drug-likeness (QED) is 0.853. The van der Waals surface area contributed by atoms with Gasteiger partial charge in [0.1, 0.15) is 6.54 Å². The van der Waals surface area contributed by atoms with Crippen molar-refractivity contribution in [2.45, 2.75) is 18.7 Å². The molecule has 0 aromatic heterocycles. The minimum absolute atomic E-state index is 0.0880. The Morgan fingerprint density at radius 2 is 1.70 bits per heavy atom. The van der Waals surface area contributed by atoms with Crippen LogP contribution in [0.25, 0.3) is 0 Å². The Labute approximate surface area is 158 Å². The van der Waals surface area contributed by atoms with E-state index < -0.39 is 10.0 Å². The number of sulfonamides is 1. The molecule has 0 bridgehead atoms. The van der Waals surface area contributed by atoms with Gasteiger partial charge in [-0.2, -0.15) is 4.31 Å². The molecule has 27 heavy (non-hydrogen) atoms. The molecule has 1 heterocycles. The van der Waals surface area contributed by atoms with Crippen LogP contribution in [0.2, 0.25) is 0 Å². The van der Waals surface area contributed by atoms with Crippen LogP contribution in [0.3, 0.4) is 0 Å². The maximum Gasteiger partial charge on any atom is 0.258 e. The molecular weight excluding hydrogens is 366 g/mol. The molecule has 8 heteroatoms. The zero-order valence-corrected chi connectivity index (χ0v) is 16.0. The van der Waals surface area contributed by atoms with E-state index in [4.69, 9.17) is 0 Å². The summed E-state index contributed by atoms with van der Waals surface area (Å²) in [6, 6.07) is 12.9. The molecule has 7 nitrogen and oxygen atoms in total. The van der Waals surface area contributed by atoms with E-state index in [9.17, 15) is 18.0 Å². The molecular formula is C19H21N3O4S. The van der Waals surface area contributed by atoms with Gasteiger partial charge < -0.3 is 5.32 Å². The molecule has 2 aromatic rings. The predicted octanol–water partition coefficient (Wildman–Crippen LogP) is 2.32. The van der Waals surface area contributed by atoms with Crippen molar-refractivity contribution in [3.05, 3.63) is 54.1 Å². The van der Waals surface area contributed by atoms with Crippen LogP contribution in [0.4, 0.5) is 11.4 Å². The third-order valence-electron chi connectivity index (χ3n) is 4.46. The number of carbonyl (C=O) groups is 2. The molecule has 0 saturated heterocycles. The van der Waals surface area contributed by atoms with Crippen molar-refractivity contribution in [2.24, 2.45) is 0 Å². The van der Waals surface area contributed by atoms with Crippen LogP contribution in [0, 0.1) is 0 Å². The summed E-state index contributed by atoms with van der Waals surface area (Å²) in [6.45, 7) is 4.21. The first kappa shape index (κ1) is 19.1. The van der Waals surface area contributed by atoms with E-state index in [2.05, 4.69) is 5.32 Å². The highest BCUT2D eigenvalue weighted by Gasteiger charge is 2.28. The summed E-state index contributed by atoms with van der Waals surface area (Å²) >= 11 is 0. The van der Waals surface area contributed by atoms with Gasteiger partial charge in [-0.3, -0.25) is 14.5 Å². The second-order valence-corrected chi connectivity index (χ2v) is 8.01. The number of anilines is 2. The summed E-state index contributed by atoms with van der Waals surface area (Å²) in [5, 5.41) is 2.73. The molecule has 0 radical (unpaired) electrons. The van der Waals surface area contributed by atoms with E-state index in [0.717, 1.165) is 0 Å². The SMILES string of the molecule is CCN(CC)S(=O)(=O)c1ccc(C(=O)N2CC(=O)Nc3ccccc32)cc1. The zero-order valence-electron chi connectivity index (χ0n) is 15.2. The minimum Gasteiger partial charge on any atom is -0.323 e. The molecule has 0 spiro atoms. The molecule has 2 amide bonds. The predicted molar refractivity (Wildman–Crippen MR) is 103 cm³/mol. The van der Waals surface area contributed by atoms with E-state index >= 15 is 0 Å². The number of carbonyl (C=O) groups excluding carboxylic acids is 2. The summed E-state index contributed by atoms with van der Waals surface area (Å²) in [6.07, 6.45) is 0. The normalized spacial score (nSPS) is 14.0. The molecule has 1 aliphatic heterocycles. The Kier molecular flexibility index (Phi) is 5.29. The number of rotatable bonds is 5. The van der Waals surface area contributed by atoms with Crippen LogP contribution in [0.1, 0.15) is 24.2 Å². The molecule has 0 atom stereocenters. The fraction of sp³-hybridized carbons (Fsp3) is 0.263. The number of para-hydroxylation sites is 2. The Morgan fingerprint density at radius 1 is 1.07 bits per heavy atom. The van der Waals surface area contributed by atoms with Gasteiger partial charge in [-0.25, -0.2) is 8.42 Å². The number of nitrogens with one attached hydrogen (secondary N) is 1. The lowest BCUT2D eigenvalue weighted by atomic mass is 10.1. The average Bonchev–Trinajstić information content (AvgIpc) is 2.67. The van der Waals surface area contributed by atoms with E-state index in [1.54, 1.807) is 38.1 Å². The lowest BCUT2D eigenvalue weighted by molar-refractivity contribution is -0.115. The van der Waals surface area contributed by atoms with Gasteiger partial charge >= 0.3 is 0 Å². The van der Waals surface area contributed by atoms with Crippen molar-refractivity contribution in [3.8, 4) is 0 Å². The number of amides is 2. The molecule has 0 saturated carbocycles. The Hall–Kier alpha value is -2.71. The van der Waals surface area contributed by atoms with Crippen LogP contribution in [0.5, 0.6) is 0 Å². The average molecular weight is 387 g/mol. The van der Waals surface area contributed by atoms with E-state index in [-0.39, 0.29) is 23.3 Å². The van der Waals surface area contributed by atoms with Gasteiger partial charge in [-0.1, -0.05) is 26.0 Å². The molecule has 0 aliphatic carbocycles. The van der Waals surface area contributed by atoms with Crippen LogP contribution in [-0.4, -0.2) is 44.2 Å². The second-order valence-electron chi connectivity index (χ2n) is 6.07. The summed E-state index contributed by atoms with van der Waals surface area (Å²) in [7, 11) is -3.58. The van der Waals surface area contributed by atoms with Crippen LogP contribution in [0.15, 0.2) is 53.4 Å². The summed E-state index contributed by atoms with van der Waals surface area (Å²) < 4.78 is 26.5. The zero-order chi connectivity index (χ0) is 19.6. The third-order valence-corrected chi connectivity index (χ3v) is 6.52. The Bertz CT molecular complexity index is 967. The van der Waals surface area contributed by atoms with Crippen molar-refractivity contribution in [1.82, 2.24) is 4.31 Å². The van der Waals surface area contributed by atoms with Gasteiger partial charge in [0.05, 0.1) is 16.3 Å². The molecule has 0 fully saturated rings. The topological polar surface area (TPSA) is 86.8 Å². The smallest absolute Gasteiger partial charge is 0.258 e. The van der Waals surface area contributed by atoms with Crippen LogP contribution < -0.4 is 10.2 Å². The van der Waals surface area contributed by atoms with Crippen molar-refractivity contribution in [3.63, 3.8) is 0 Å². The largest absolute Gasteiger partial charge is 0.323 e. The molecule has 1 N–H and O–H groups in total. The number of benzene rings is 2. The van der Waals surface area contributed by atoms with E-state index in [1.165, 1.54) is 33.5 Å². The van der Waals surface area contributed by atoms with Crippen molar-refractivity contribution in [2.75, 3.05) is 29.9 Å². The highest BCUT2D eigenvalue weighted by atomic mass is 32.2. The maximum absolute atomic E-state index is 12.9. The van der Waals surface area contributed by atoms with Gasteiger partial charge in [-0.05, 0) is 36.4 Å². The monoisotopic (exact) mass is 387 g/mol.